The van der Waals surface area contributed by atoms with Crippen molar-refractivity contribution in [3.05, 3.63) is 29.8 Å². The number of nitrogens with zero attached hydrogens (tertiary/aromatic N) is 2. The summed E-state index contributed by atoms with van der Waals surface area (Å²) in [6.45, 7) is 2.51. The van der Waals surface area contributed by atoms with Crippen LogP contribution in [0.2, 0.25) is 0 Å². The maximum absolute atomic E-state index is 12.6. The minimum atomic E-state index is -0.883. The molecule has 0 aromatic heterocycles. The first-order valence-electron chi connectivity index (χ1n) is 7.34. The molecular weight excluding hydrogens is 268 g/mol. The Morgan fingerprint density at radius 2 is 2.05 bits per heavy atom. The quantitative estimate of drug-likeness (QED) is 0.930. The Kier molecular flexibility index (Phi) is 4.83. The van der Waals surface area contributed by atoms with Crippen molar-refractivity contribution in [2.24, 2.45) is 5.92 Å². The van der Waals surface area contributed by atoms with Gasteiger partial charge in [0.05, 0.1) is 5.92 Å². The predicted octanol–water partition coefficient (Wildman–Crippen LogP) is 2.60. The van der Waals surface area contributed by atoms with Gasteiger partial charge in [-0.25, -0.2) is 4.79 Å². The van der Waals surface area contributed by atoms with E-state index < -0.39 is 11.9 Å². The highest BCUT2D eigenvalue weighted by Crippen LogP contribution is 2.26. The Bertz CT molecular complexity index is 530. The molecule has 1 aromatic carbocycles. The number of carbonyl (C=O) groups excluding carboxylic acids is 1. The van der Waals surface area contributed by atoms with Gasteiger partial charge in [-0.3, -0.25) is 9.69 Å². The number of amides is 2. The fourth-order valence-corrected chi connectivity index (χ4v) is 2.66. The zero-order valence-electron chi connectivity index (χ0n) is 12.6. The highest BCUT2D eigenvalue weighted by atomic mass is 16.4. The Morgan fingerprint density at radius 1 is 1.33 bits per heavy atom. The molecule has 1 atom stereocenters. The van der Waals surface area contributed by atoms with Crippen molar-refractivity contribution in [3.63, 3.8) is 0 Å². The largest absolute Gasteiger partial charge is 0.481 e. The maximum Gasteiger partial charge on any atom is 0.324 e. The average Bonchev–Trinajstić information content (AvgIpc) is 2.68. The molecule has 1 N–H and O–H groups in total. The van der Waals surface area contributed by atoms with Gasteiger partial charge in [0.15, 0.2) is 0 Å². The molecule has 5 heteroatoms. The molecule has 1 heterocycles. The average molecular weight is 290 g/mol. The lowest BCUT2D eigenvalue weighted by Gasteiger charge is -2.29. The molecule has 1 unspecified atom stereocenters. The standard InChI is InChI=1S/C16H22N2O3/c1-12(15(19)20)11-17(2)16(21)18-10-6-5-8-13-7-3-4-9-14(13)18/h3-4,7,9,12H,5-6,8,10-11H2,1-2H3,(H,19,20). The van der Waals surface area contributed by atoms with Crippen LogP contribution in [0, 0.1) is 5.92 Å². The van der Waals surface area contributed by atoms with E-state index in [-0.39, 0.29) is 12.6 Å². The Balaban J connectivity index is 2.16. The van der Waals surface area contributed by atoms with Crippen LogP contribution >= 0.6 is 0 Å². The van der Waals surface area contributed by atoms with E-state index in [0.717, 1.165) is 24.9 Å². The van der Waals surface area contributed by atoms with Gasteiger partial charge in [-0.1, -0.05) is 25.1 Å². The number of aliphatic carboxylic acids is 1. The van der Waals surface area contributed by atoms with Crippen molar-refractivity contribution in [2.45, 2.75) is 26.2 Å². The predicted molar refractivity (Wildman–Crippen MR) is 81.6 cm³/mol. The summed E-state index contributed by atoms with van der Waals surface area (Å²) in [6, 6.07) is 7.82. The van der Waals surface area contributed by atoms with Gasteiger partial charge in [0.25, 0.3) is 0 Å². The summed E-state index contributed by atoms with van der Waals surface area (Å²) in [5, 5.41) is 8.97. The monoisotopic (exact) mass is 290 g/mol. The summed E-state index contributed by atoms with van der Waals surface area (Å²) < 4.78 is 0. The fraction of sp³-hybridized carbons (Fsp3) is 0.500. The minimum Gasteiger partial charge on any atom is -0.481 e. The van der Waals surface area contributed by atoms with Gasteiger partial charge in [0, 0.05) is 25.8 Å². The van der Waals surface area contributed by atoms with E-state index in [4.69, 9.17) is 5.11 Å². The Hall–Kier alpha value is -2.04. The third kappa shape index (κ3) is 3.54. The van der Waals surface area contributed by atoms with E-state index in [1.54, 1.807) is 18.9 Å². The minimum absolute atomic E-state index is 0.127. The summed E-state index contributed by atoms with van der Waals surface area (Å²) in [4.78, 5) is 26.8. The Labute approximate surface area is 125 Å². The van der Waals surface area contributed by atoms with Gasteiger partial charge in [-0.15, -0.1) is 0 Å². The van der Waals surface area contributed by atoms with Crippen LogP contribution in [0.25, 0.3) is 0 Å². The highest BCUT2D eigenvalue weighted by molar-refractivity contribution is 5.93. The molecule has 0 fully saturated rings. The SMILES string of the molecule is CC(CN(C)C(=O)N1CCCCc2ccccc21)C(=O)O. The van der Waals surface area contributed by atoms with E-state index in [2.05, 4.69) is 6.07 Å². The lowest BCUT2D eigenvalue weighted by molar-refractivity contribution is -0.141. The van der Waals surface area contributed by atoms with Crippen molar-refractivity contribution in [1.29, 1.82) is 0 Å². The number of fused-ring (bicyclic) bond motifs is 1. The van der Waals surface area contributed by atoms with Crippen molar-refractivity contribution in [1.82, 2.24) is 4.90 Å². The lowest BCUT2D eigenvalue weighted by Crippen LogP contribution is -2.44. The molecule has 0 aliphatic carbocycles. The molecule has 21 heavy (non-hydrogen) atoms. The maximum atomic E-state index is 12.6. The number of anilines is 1. The first kappa shape index (κ1) is 15.4. The van der Waals surface area contributed by atoms with Crippen LogP contribution in [-0.4, -0.2) is 42.1 Å². The lowest BCUT2D eigenvalue weighted by atomic mass is 10.1. The van der Waals surface area contributed by atoms with Crippen molar-refractivity contribution >= 4 is 17.7 Å². The van der Waals surface area contributed by atoms with Gasteiger partial charge in [0.1, 0.15) is 0 Å². The summed E-state index contributed by atoms with van der Waals surface area (Å²) in [7, 11) is 1.66. The molecule has 0 bridgehead atoms. The van der Waals surface area contributed by atoms with E-state index in [0.29, 0.717) is 6.54 Å². The van der Waals surface area contributed by atoms with E-state index >= 15 is 0 Å². The molecule has 1 aromatic rings. The molecule has 5 nitrogen and oxygen atoms in total. The molecule has 1 aliphatic rings. The number of hydrogen-bond donors (Lipinski definition) is 1. The van der Waals surface area contributed by atoms with Crippen LogP contribution in [0.3, 0.4) is 0 Å². The van der Waals surface area contributed by atoms with Crippen LogP contribution in [0.5, 0.6) is 0 Å². The zero-order valence-corrected chi connectivity index (χ0v) is 12.6. The molecule has 1 aliphatic heterocycles. The third-order valence-electron chi connectivity index (χ3n) is 3.89. The number of urea groups is 1. The summed E-state index contributed by atoms with van der Waals surface area (Å²) in [6.07, 6.45) is 3.01. The third-order valence-corrected chi connectivity index (χ3v) is 3.89. The molecule has 0 spiro atoms. The van der Waals surface area contributed by atoms with Gasteiger partial charge in [-0.05, 0) is 30.9 Å². The number of carboxylic acids is 1. The first-order valence-corrected chi connectivity index (χ1v) is 7.34. The van der Waals surface area contributed by atoms with Gasteiger partial charge in [-0.2, -0.15) is 0 Å². The van der Waals surface area contributed by atoms with Crippen molar-refractivity contribution in [2.75, 3.05) is 25.0 Å². The second-order valence-electron chi connectivity index (χ2n) is 5.64. The van der Waals surface area contributed by atoms with E-state index in [1.807, 2.05) is 18.2 Å². The normalized spacial score (nSPS) is 15.8. The number of benzene rings is 1. The summed E-state index contributed by atoms with van der Waals surface area (Å²) in [5.41, 5.74) is 2.14. The molecule has 0 saturated carbocycles. The summed E-state index contributed by atoms with van der Waals surface area (Å²) in [5.74, 6) is -1.45. The molecule has 114 valence electrons. The number of para-hydroxylation sites is 1. The number of hydrogen-bond acceptors (Lipinski definition) is 2. The van der Waals surface area contributed by atoms with Crippen LogP contribution in [0.15, 0.2) is 24.3 Å². The van der Waals surface area contributed by atoms with Crippen molar-refractivity contribution in [3.8, 4) is 0 Å². The van der Waals surface area contributed by atoms with Gasteiger partial charge >= 0.3 is 12.0 Å². The first-order chi connectivity index (χ1) is 10.0. The molecule has 0 saturated heterocycles. The zero-order chi connectivity index (χ0) is 15.4. The second kappa shape index (κ2) is 6.61. The van der Waals surface area contributed by atoms with Gasteiger partial charge in [0.2, 0.25) is 0 Å². The van der Waals surface area contributed by atoms with Crippen LogP contribution in [0.4, 0.5) is 10.5 Å². The fourth-order valence-electron chi connectivity index (χ4n) is 2.66. The summed E-state index contributed by atoms with van der Waals surface area (Å²) >= 11 is 0. The Morgan fingerprint density at radius 3 is 2.76 bits per heavy atom. The number of carboxylic acid groups (broad SMARTS) is 1. The molecule has 0 radical (unpaired) electrons. The molecular formula is C16H22N2O3. The van der Waals surface area contributed by atoms with Gasteiger partial charge < -0.3 is 10.0 Å². The van der Waals surface area contributed by atoms with Crippen LogP contribution in [-0.2, 0) is 11.2 Å². The molecule has 2 amide bonds. The van der Waals surface area contributed by atoms with Crippen molar-refractivity contribution < 1.29 is 14.7 Å². The van der Waals surface area contributed by atoms with Crippen LogP contribution in [0.1, 0.15) is 25.3 Å². The topological polar surface area (TPSA) is 60.9 Å². The number of carbonyl (C=O) groups is 2. The number of rotatable bonds is 3. The van der Waals surface area contributed by atoms with E-state index in [9.17, 15) is 9.59 Å². The van der Waals surface area contributed by atoms with Crippen LogP contribution < -0.4 is 4.90 Å². The highest BCUT2D eigenvalue weighted by Gasteiger charge is 2.25. The van der Waals surface area contributed by atoms with E-state index in [1.165, 1.54) is 10.5 Å². The number of aryl methyl sites for hydroxylation is 1. The smallest absolute Gasteiger partial charge is 0.324 e. The molecule has 2 rings (SSSR count). The second-order valence-corrected chi connectivity index (χ2v) is 5.64.